The van der Waals surface area contributed by atoms with Crippen molar-refractivity contribution >= 4 is 40.5 Å². The van der Waals surface area contributed by atoms with E-state index in [0.717, 1.165) is 11.3 Å². The molecule has 2 N–H and O–H groups in total. The number of nitrogens with one attached hydrogen (secondary N) is 2. The first kappa shape index (κ1) is 16.8. The highest BCUT2D eigenvalue weighted by Gasteiger charge is 2.31. The smallest absolute Gasteiger partial charge is 0.264 e. The van der Waals surface area contributed by atoms with E-state index in [-0.39, 0.29) is 11.8 Å². The van der Waals surface area contributed by atoms with Gasteiger partial charge in [-0.05, 0) is 25.5 Å². The van der Waals surface area contributed by atoms with E-state index in [1.807, 2.05) is 13.0 Å². The molecule has 0 saturated heterocycles. The van der Waals surface area contributed by atoms with E-state index < -0.39 is 12.1 Å². The summed E-state index contributed by atoms with van der Waals surface area (Å²) < 4.78 is 0.659. The van der Waals surface area contributed by atoms with Crippen molar-refractivity contribution in [3.05, 3.63) is 21.3 Å². The molecule has 22 heavy (non-hydrogen) atoms. The highest BCUT2D eigenvalue weighted by Crippen LogP contribution is 2.26. The Bertz CT molecular complexity index is 588. The zero-order valence-electron chi connectivity index (χ0n) is 12.4. The van der Waals surface area contributed by atoms with E-state index in [9.17, 15) is 9.59 Å². The zero-order valence-corrected chi connectivity index (χ0v) is 14.0. The zero-order chi connectivity index (χ0) is 16.1. The van der Waals surface area contributed by atoms with Crippen LogP contribution in [0.15, 0.2) is 17.3 Å². The summed E-state index contributed by atoms with van der Waals surface area (Å²) >= 11 is 7.27. The minimum Gasteiger partial charge on any atom is -0.382 e. The quantitative estimate of drug-likeness (QED) is 0.828. The largest absolute Gasteiger partial charge is 0.382 e. The predicted octanol–water partition coefficient (Wildman–Crippen LogP) is 1.93. The molecule has 0 radical (unpaired) electrons. The van der Waals surface area contributed by atoms with Crippen molar-refractivity contribution in [1.82, 2.24) is 10.6 Å². The van der Waals surface area contributed by atoms with Crippen molar-refractivity contribution in [2.45, 2.75) is 38.8 Å². The first-order valence-electron chi connectivity index (χ1n) is 7.07. The van der Waals surface area contributed by atoms with Crippen LogP contribution in [0.1, 0.15) is 31.6 Å². The summed E-state index contributed by atoms with van der Waals surface area (Å²) in [5.74, 6) is -0.556. The molecule has 2 rings (SSSR count). The second kappa shape index (κ2) is 7.60. The molecule has 0 saturated carbocycles. The van der Waals surface area contributed by atoms with E-state index in [2.05, 4.69) is 15.8 Å². The summed E-state index contributed by atoms with van der Waals surface area (Å²) in [5.41, 5.74) is 0.695. The summed E-state index contributed by atoms with van der Waals surface area (Å²) in [6, 6.07) is 3.01. The van der Waals surface area contributed by atoms with Crippen LogP contribution in [0, 0.1) is 0 Å². The van der Waals surface area contributed by atoms with Crippen LogP contribution in [0.4, 0.5) is 0 Å². The lowest BCUT2D eigenvalue weighted by Gasteiger charge is -2.15. The second-order valence-electron chi connectivity index (χ2n) is 4.96. The Balaban J connectivity index is 1.84. The highest BCUT2D eigenvalue weighted by molar-refractivity contribution is 7.18. The monoisotopic (exact) mass is 343 g/mol. The SMILES string of the molecule is CCCNC(=O)[C@@H](C)NC(=O)[C@H]1CC(c2ccc(Cl)s2)=NO1. The molecule has 2 amide bonds. The van der Waals surface area contributed by atoms with Gasteiger partial charge in [0, 0.05) is 13.0 Å². The molecule has 0 unspecified atom stereocenters. The van der Waals surface area contributed by atoms with Gasteiger partial charge in [-0.1, -0.05) is 23.7 Å². The maximum absolute atomic E-state index is 12.1. The van der Waals surface area contributed by atoms with Crippen molar-refractivity contribution in [2.75, 3.05) is 6.54 Å². The summed E-state index contributed by atoms with van der Waals surface area (Å²) in [4.78, 5) is 29.9. The van der Waals surface area contributed by atoms with Crippen LogP contribution in [-0.2, 0) is 14.4 Å². The molecule has 0 spiro atoms. The lowest BCUT2D eigenvalue weighted by atomic mass is 10.1. The Kier molecular flexibility index (Phi) is 5.79. The molecule has 1 aliphatic rings. The third kappa shape index (κ3) is 4.20. The normalized spacial score (nSPS) is 18.3. The average Bonchev–Trinajstić information content (AvgIpc) is 3.13. The molecule has 8 heteroatoms. The first-order chi connectivity index (χ1) is 10.5. The molecule has 1 aromatic rings. The van der Waals surface area contributed by atoms with Crippen molar-refractivity contribution in [2.24, 2.45) is 5.16 Å². The fraction of sp³-hybridized carbons (Fsp3) is 0.500. The van der Waals surface area contributed by atoms with Crippen LogP contribution >= 0.6 is 22.9 Å². The Hall–Kier alpha value is -1.60. The summed E-state index contributed by atoms with van der Waals surface area (Å²) in [5, 5.41) is 9.30. The fourth-order valence-electron chi connectivity index (χ4n) is 1.91. The van der Waals surface area contributed by atoms with Crippen LogP contribution in [0.5, 0.6) is 0 Å². The number of thiophene rings is 1. The number of hydrogen-bond donors (Lipinski definition) is 2. The molecule has 0 aromatic carbocycles. The van der Waals surface area contributed by atoms with E-state index in [0.29, 0.717) is 23.0 Å². The van der Waals surface area contributed by atoms with Gasteiger partial charge < -0.3 is 15.5 Å². The molecule has 0 bridgehead atoms. The molecule has 1 aromatic heterocycles. The van der Waals surface area contributed by atoms with Crippen molar-refractivity contribution in [3.8, 4) is 0 Å². The lowest BCUT2D eigenvalue weighted by molar-refractivity contribution is -0.135. The number of rotatable bonds is 6. The van der Waals surface area contributed by atoms with E-state index >= 15 is 0 Å². The van der Waals surface area contributed by atoms with Crippen molar-refractivity contribution < 1.29 is 14.4 Å². The van der Waals surface area contributed by atoms with Crippen LogP contribution in [0.2, 0.25) is 4.34 Å². The molecule has 1 aliphatic heterocycles. The number of halogens is 1. The maximum atomic E-state index is 12.1. The highest BCUT2D eigenvalue weighted by atomic mass is 35.5. The number of amides is 2. The van der Waals surface area contributed by atoms with Gasteiger partial charge in [-0.2, -0.15) is 0 Å². The van der Waals surface area contributed by atoms with Crippen LogP contribution in [0.3, 0.4) is 0 Å². The van der Waals surface area contributed by atoms with Crippen molar-refractivity contribution in [1.29, 1.82) is 0 Å². The van der Waals surface area contributed by atoms with Gasteiger partial charge in [-0.3, -0.25) is 9.59 Å². The number of carbonyl (C=O) groups excluding carboxylic acids is 2. The molecule has 6 nitrogen and oxygen atoms in total. The van der Waals surface area contributed by atoms with E-state index in [4.69, 9.17) is 16.4 Å². The van der Waals surface area contributed by atoms with Crippen molar-refractivity contribution in [3.63, 3.8) is 0 Å². The van der Waals surface area contributed by atoms with Gasteiger partial charge in [0.1, 0.15) is 11.8 Å². The Labute approximate surface area is 137 Å². The van der Waals surface area contributed by atoms with Gasteiger partial charge >= 0.3 is 0 Å². The van der Waals surface area contributed by atoms with Gasteiger partial charge in [0.05, 0.1) is 9.21 Å². The lowest BCUT2D eigenvalue weighted by Crippen LogP contribution is -2.48. The fourth-order valence-corrected chi connectivity index (χ4v) is 2.94. The van der Waals surface area contributed by atoms with E-state index in [1.165, 1.54) is 11.3 Å². The van der Waals surface area contributed by atoms with Gasteiger partial charge in [0.15, 0.2) is 0 Å². The molecule has 120 valence electrons. The molecule has 2 heterocycles. The summed E-state index contributed by atoms with van der Waals surface area (Å²) in [6.45, 7) is 4.19. The number of hydrogen-bond acceptors (Lipinski definition) is 5. The summed E-state index contributed by atoms with van der Waals surface area (Å²) in [7, 11) is 0. The van der Waals surface area contributed by atoms with Crippen LogP contribution < -0.4 is 10.6 Å². The second-order valence-corrected chi connectivity index (χ2v) is 6.68. The van der Waals surface area contributed by atoms with Gasteiger partial charge in [-0.25, -0.2) is 0 Å². The van der Waals surface area contributed by atoms with Crippen LogP contribution in [0.25, 0.3) is 0 Å². The van der Waals surface area contributed by atoms with Gasteiger partial charge in [-0.15, -0.1) is 11.3 Å². The minimum atomic E-state index is -0.711. The maximum Gasteiger partial charge on any atom is 0.264 e. The van der Waals surface area contributed by atoms with Crippen LogP contribution in [-0.4, -0.2) is 36.2 Å². The molecule has 2 atom stereocenters. The minimum absolute atomic E-state index is 0.209. The number of nitrogens with zero attached hydrogens (tertiary/aromatic N) is 1. The topological polar surface area (TPSA) is 79.8 Å². The first-order valence-corrected chi connectivity index (χ1v) is 8.27. The number of oxime groups is 1. The third-order valence-corrected chi connectivity index (χ3v) is 4.40. The van der Waals surface area contributed by atoms with E-state index in [1.54, 1.807) is 13.0 Å². The molecule has 0 fully saturated rings. The third-order valence-electron chi connectivity index (χ3n) is 3.12. The molecular weight excluding hydrogens is 326 g/mol. The standard InChI is InChI=1S/C14H18ClN3O3S/c1-3-6-16-13(19)8(2)17-14(20)10-7-9(18-21-10)11-4-5-12(15)22-11/h4-5,8,10H,3,6-7H2,1-2H3,(H,16,19)(H,17,20)/t8-,10-/m1/s1. The van der Waals surface area contributed by atoms with Gasteiger partial charge in [0.2, 0.25) is 12.0 Å². The Morgan fingerprint density at radius 3 is 2.95 bits per heavy atom. The Morgan fingerprint density at radius 1 is 1.55 bits per heavy atom. The Morgan fingerprint density at radius 2 is 2.32 bits per heavy atom. The van der Waals surface area contributed by atoms with Gasteiger partial charge in [0.25, 0.3) is 5.91 Å². The average molecular weight is 344 g/mol. The molecule has 0 aliphatic carbocycles. The number of carbonyl (C=O) groups is 2. The summed E-state index contributed by atoms with van der Waals surface area (Å²) in [6.07, 6.45) is 0.502. The molecular formula is C14H18ClN3O3S. The predicted molar refractivity (Wildman–Crippen MR) is 86.3 cm³/mol.